The fourth-order valence-corrected chi connectivity index (χ4v) is 3.78. The van der Waals surface area contributed by atoms with Crippen LogP contribution in [0.4, 0.5) is 0 Å². The maximum atomic E-state index is 12.3. The Bertz CT molecular complexity index is 855. The first-order valence-electron chi connectivity index (χ1n) is 12.0. The minimum absolute atomic E-state index is 0.00522. The number of rotatable bonds is 13. The van der Waals surface area contributed by atoms with Gasteiger partial charge in [0.05, 0.1) is 19.1 Å². The van der Waals surface area contributed by atoms with Gasteiger partial charge >= 0.3 is 35.8 Å². The number of carbonyl (C=O) groups is 6. The van der Waals surface area contributed by atoms with Gasteiger partial charge in [-0.25, -0.2) is 0 Å². The van der Waals surface area contributed by atoms with E-state index >= 15 is 0 Å². The van der Waals surface area contributed by atoms with E-state index in [1.165, 1.54) is 6.92 Å². The Morgan fingerprint density at radius 1 is 0.737 bits per heavy atom. The molecule has 0 unspecified atom stereocenters. The quantitative estimate of drug-likeness (QED) is 0.233. The predicted octanol–water partition coefficient (Wildman–Crippen LogP) is 0.750. The maximum absolute atomic E-state index is 12.3. The highest BCUT2D eigenvalue weighted by Gasteiger charge is 2.53. The lowest BCUT2D eigenvalue weighted by Gasteiger charge is -2.44. The Hall–Kier alpha value is -3.26. The summed E-state index contributed by atoms with van der Waals surface area (Å²) < 4.78 is 43.1. The summed E-state index contributed by atoms with van der Waals surface area (Å²) in [7, 11) is 0. The molecule has 0 aliphatic carbocycles. The van der Waals surface area contributed by atoms with Gasteiger partial charge in [0.1, 0.15) is 18.8 Å². The third-order valence-electron chi connectivity index (χ3n) is 4.94. The van der Waals surface area contributed by atoms with E-state index < -0.39 is 85.3 Å². The molecule has 1 saturated heterocycles. The summed E-state index contributed by atoms with van der Waals surface area (Å²) in [5.74, 6) is -4.24. The molecule has 0 bridgehead atoms. The van der Waals surface area contributed by atoms with Crippen LogP contribution in [0.5, 0.6) is 0 Å². The van der Waals surface area contributed by atoms with Crippen LogP contribution in [0.25, 0.3) is 0 Å². The smallest absolute Gasteiger partial charge is 0.308 e. The van der Waals surface area contributed by atoms with Crippen molar-refractivity contribution in [3.63, 3.8) is 0 Å². The van der Waals surface area contributed by atoms with Crippen molar-refractivity contribution in [2.24, 2.45) is 0 Å². The highest BCUT2D eigenvalue weighted by molar-refractivity contribution is 5.70. The Kier molecular flexibility index (Phi) is 13.7. The molecule has 38 heavy (non-hydrogen) atoms. The monoisotopic (exact) mass is 548 g/mol. The van der Waals surface area contributed by atoms with E-state index in [1.807, 2.05) is 0 Å². The van der Waals surface area contributed by atoms with Gasteiger partial charge in [-0.15, -0.1) is 0 Å². The van der Waals surface area contributed by atoms with E-state index in [9.17, 15) is 28.8 Å². The summed E-state index contributed by atoms with van der Waals surface area (Å²) in [6.07, 6.45) is -8.98. The molecular formula is C24H36O14. The zero-order valence-corrected chi connectivity index (χ0v) is 22.6. The van der Waals surface area contributed by atoms with Crippen molar-refractivity contribution >= 4 is 35.8 Å². The third-order valence-corrected chi connectivity index (χ3v) is 4.94. The fourth-order valence-electron chi connectivity index (χ4n) is 3.78. The van der Waals surface area contributed by atoms with Gasteiger partial charge in [0.25, 0.3) is 0 Å². The van der Waals surface area contributed by atoms with Crippen LogP contribution in [0.2, 0.25) is 0 Å². The van der Waals surface area contributed by atoms with Crippen molar-refractivity contribution in [3.8, 4) is 0 Å². The topological polar surface area (TPSA) is 176 Å². The lowest BCUT2D eigenvalue weighted by atomic mass is 9.97. The molecule has 1 rings (SSSR count). The molecule has 0 spiro atoms. The van der Waals surface area contributed by atoms with Crippen molar-refractivity contribution in [1.82, 2.24) is 0 Å². The molecule has 1 aliphatic heterocycles. The molecule has 1 fully saturated rings. The van der Waals surface area contributed by atoms with Gasteiger partial charge in [0.2, 0.25) is 0 Å². The Labute approximate surface area is 220 Å². The first kappa shape index (κ1) is 32.8. The van der Waals surface area contributed by atoms with E-state index in [1.54, 1.807) is 13.8 Å². The molecule has 1 heterocycles. The first-order valence-corrected chi connectivity index (χ1v) is 12.0. The summed E-state index contributed by atoms with van der Waals surface area (Å²) in [6.45, 7) is 8.51. The summed E-state index contributed by atoms with van der Waals surface area (Å²) in [6, 6.07) is 0. The largest absolute Gasteiger partial charge is 0.466 e. The number of hydrogen-bond acceptors (Lipinski definition) is 14. The summed E-state index contributed by atoms with van der Waals surface area (Å²) in [4.78, 5) is 70.9. The second-order valence-corrected chi connectivity index (χ2v) is 8.49. The van der Waals surface area contributed by atoms with Crippen molar-refractivity contribution in [2.75, 3.05) is 13.2 Å². The molecule has 0 aromatic heterocycles. The van der Waals surface area contributed by atoms with Crippen LogP contribution in [-0.2, 0) is 66.7 Å². The molecule has 14 nitrogen and oxygen atoms in total. The molecule has 0 aromatic carbocycles. The Balaban J connectivity index is 3.44. The van der Waals surface area contributed by atoms with Crippen LogP contribution < -0.4 is 0 Å². The number of ether oxygens (including phenoxy) is 8. The van der Waals surface area contributed by atoms with E-state index in [-0.39, 0.29) is 19.4 Å². The molecule has 0 N–H and O–H groups in total. The number of hydrogen-bond donors (Lipinski definition) is 0. The normalized spacial score (nSPS) is 24.2. The average Bonchev–Trinajstić information content (AvgIpc) is 2.75. The number of esters is 6. The van der Waals surface area contributed by atoms with Crippen molar-refractivity contribution in [1.29, 1.82) is 0 Å². The van der Waals surface area contributed by atoms with Gasteiger partial charge in [0, 0.05) is 41.0 Å². The van der Waals surface area contributed by atoms with E-state index in [2.05, 4.69) is 0 Å². The van der Waals surface area contributed by atoms with Crippen molar-refractivity contribution < 1.29 is 66.7 Å². The predicted molar refractivity (Wildman–Crippen MR) is 124 cm³/mol. The lowest BCUT2D eigenvalue weighted by Crippen LogP contribution is -2.63. The highest BCUT2D eigenvalue weighted by atomic mass is 16.7. The second kappa shape index (κ2) is 15.9. The zero-order chi connectivity index (χ0) is 29.0. The molecule has 0 aromatic rings. The van der Waals surface area contributed by atoms with E-state index in [4.69, 9.17) is 37.9 Å². The van der Waals surface area contributed by atoms with Crippen LogP contribution >= 0.6 is 0 Å². The first-order chi connectivity index (χ1) is 17.7. The van der Waals surface area contributed by atoms with Gasteiger partial charge in [-0.2, -0.15) is 0 Å². The molecule has 0 saturated carbocycles. The molecule has 14 heteroatoms. The van der Waals surface area contributed by atoms with Crippen LogP contribution in [0, 0.1) is 0 Å². The summed E-state index contributed by atoms with van der Waals surface area (Å²) in [5, 5.41) is 0. The molecule has 0 amide bonds. The van der Waals surface area contributed by atoms with Crippen LogP contribution in [0.3, 0.4) is 0 Å². The average molecular weight is 549 g/mol. The highest BCUT2D eigenvalue weighted by Crippen LogP contribution is 2.31. The summed E-state index contributed by atoms with van der Waals surface area (Å²) in [5.41, 5.74) is 0. The maximum Gasteiger partial charge on any atom is 0.308 e. The lowest BCUT2D eigenvalue weighted by molar-refractivity contribution is -0.318. The standard InChI is InChI=1S/C24H36O14/c1-8-31-20(30)10-18(9-12(2)33-14(4)26)37-24-23(36-17(7)29)22(35-16(6)28)21(34-15(5)27)19(38-24)11-32-13(3)25/h12,18-19,21-24H,8-11H2,1-7H3/t12-,18-,19+,21+,22-,23+,24+/m0/s1. The SMILES string of the molecule is CCOC(=O)C[C@H](C[C@H](C)OC(C)=O)O[C@@H]1O[C@H](COC(C)=O)[C@@H](OC(C)=O)[C@H](OC(C)=O)[C@H]1OC(C)=O. The van der Waals surface area contributed by atoms with Gasteiger partial charge in [-0.3, -0.25) is 28.8 Å². The number of carbonyl (C=O) groups excluding carboxylic acids is 6. The Morgan fingerprint density at radius 3 is 1.79 bits per heavy atom. The summed E-state index contributed by atoms with van der Waals surface area (Å²) >= 11 is 0. The minimum Gasteiger partial charge on any atom is -0.466 e. The molecule has 1 aliphatic rings. The zero-order valence-electron chi connectivity index (χ0n) is 22.6. The van der Waals surface area contributed by atoms with Crippen LogP contribution in [0.1, 0.15) is 61.3 Å². The van der Waals surface area contributed by atoms with Crippen LogP contribution in [-0.4, -0.2) is 91.9 Å². The van der Waals surface area contributed by atoms with Crippen molar-refractivity contribution in [2.45, 2.75) is 104 Å². The van der Waals surface area contributed by atoms with E-state index in [0.717, 1.165) is 27.7 Å². The van der Waals surface area contributed by atoms with Gasteiger partial charge in [-0.05, 0) is 13.8 Å². The molecular weight excluding hydrogens is 512 g/mol. The Morgan fingerprint density at radius 2 is 1.29 bits per heavy atom. The fraction of sp³-hybridized carbons (Fsp3) is 0.750. The van der Waals surface area contributed by atoms with Gasteiger partial charge in [-0.1, -0.05) is 0 Å². The van der Waals surface area contributed by atoms with E-state index in [0.29, 0.717) is 0 Å². The second-order valence-electron chi connectivity index (χ2n) is 8.49. The van der Waals surface area contributed by atoms with Crippen LogP contribution in [0.15, 0.2) is 0 Å². The third kappa shape index (κ3) is 11.9. The molecule has 216 valence electrons. The minimum atomic E-state index is -1.50. The molecule has 0 radical (unpaired) electrons. The van der Waals surface area contributed by atoms with Gasteiger partial charge in [0.15, 0.2) is 24.6 Å². The molecule has 7 atom stereocenters. The van der Waals surface area contributed by atoms with Crippen molar-refractivity contribution in [3.05, 3.63) is 0 Å². The van der Waals surface area contributed by atoms with Gasteiger partial charge < -0.3 is 37.9 Å².